The van der Waals surface area contributed by atoms with E-state index < -0.39 is 0 Å². The molecule has 0 unspecified atom stereocenters. The van der Waals surface area contributed by atoms with Gasteiger partial charge >= 0.3 is 0 Å². The molecule has 0 bridgehead atoms. The van der Waals surface area contributed by atoms with Gasteiger partial charge in [-0.15, -0.1) is 11.8 Å². The summed E-state index contributed by atoms with van der Waals surface area (Å²) in [5.41, 5.74) is 0. The molecule has 1 aromatic rings. The van der Waals surface area contributed by atoms with Crippen LogP contribution in [0.1, 0.15) is 25.7 Å². The Hall–Kier alpha value is -1.36. The van der Waals surface area contributed by atoms with Gasteiger partial charge in [0.15, 0.2) is 11.5 Å². The maximum atomic E-state index is 12.0. The zero-order valence-electron chi connectivity index (χ0n) is 11.4. The number of hydrogen-bond donors (Lipinski definition) is 1. The number of amides is 1. The van der Waals surface area contributed by atoms with Crippen LogP contribution in [0.25, 0.3) is 0 Å². The van der Waals surface area contributed by atoms with Crippen LogP contribution in [0.5, 0.6) is 11.5 Å². The van der Waals surface area contributed by atoms with Gasteiger partial charge in [0.1, 0.15) is 0 Å². The van der Waals surface area contributed by atoms with Crippen molar-refractivity contribution in [3.8, 4) is 11.5 Å². The standard InChI is InChI=1S/C15H19NO3S/c17-15-14(4-1-2-7-16-15)20-11-5-6-12-13(10-11)19-9-3-8-18-12/h5-6,10,14H,1-4,7-9H2,(H,16,17)/t14-/m1/s1. The molecule has 1 atom stereocenters. The summed E-state index contributed by atoms with van der Waals surface area (Å²) in [7, 11) is 0. The molecule has 1 saturated heterocycles. The summed E-state index contributed by atoms with van der Waals surface area (Å²) in [6.07, 6.45) is 4.01. The van der Waals surface area contributed by atoms with Crippen LogP contribution in [-0.2, 0) is 4.79 Å². The molecule has 2 aliphatic heterocycles. The van der Waals surface area contributed by atoms with Crippen LogP contribution >= 0.6 is 11.8 Å². The second kappa shape index (κ2) is 6.39. The van der Waals surface area contributed by atoms with Crippen molar-refractivity contribution >= 4 is 17.7 Å². The fourth-order valence-electron chi connectivity index (χ4n) is 2.40. The molecule has 0 saturated carbocycles. The van der Waals surface area contributed by atoms with Crippen molar-refractivity contribution in [1.82, 2.24) is 5.32 Å². The van der Waals surface area contributed by atoms with Crippen molar-refractivity contribution in [2.75, 3.05) is 19.8 Å². The third-order valence-corrected chi connectivity index (χ3v) is 4.74. The molecule has 1 fully saturated rings. The lowest BCUT2D eigenvalue weighted by atomic mass is 10.2. The number of carbonyl (C=O) groups is 1. The van der Waals surface area contributed by atoms with Gasteiger partial charge < -0.3 is 14.8 Å². The molecule has 0 radical (unpaired) electrons. The number of rotatable bonds is 2. The van der Waals surface area contributed by atoms with Gasteiger partial charge in [0.25, 0.3) is 0 Å². The molecule has 1 N–H and O–H groups in total. The smallest absolute Gasteiger partial charge is 0.233 e. The fourth-order valence-corrected chi connectivity index (χ4v) is 3.53. The number of carbonyl (C=O) groups excluding carboxylic acids is 1. The number of thioether (sulfide) groups is 1. The lowest BCUT2D eigenvalue weighted by Gasteiger charge is -2.14. The Balaban J connectivity index is 1.73. The molecule has 3 rings (SSSR count). The van der Waals surface area contributed by atoms with E-state index in [0.29, 0.717) is 13.2 Å². The molecular weight excluding hydrogens is 274 g/mol. The van der Waals surface area contributed by atoms with Gasteiger partial charge in [0.2, 0.25) is 5.91 Å². The van der Waals surface area contributed by atoms with Gasteiger partial charge in [0.05, 0.1) is 18.5 Å². The monoisotopic (exact) mass is 293 g/mol. The Morgan fingerprint density at radius 2 is 1.95 bits per heavy atom. The largest absolute Gasteiger partial charge is 0.490 e. The molecule has 2 aliphatic rings. The van der Waals surface area contributed by atoms with E-state index >= 15 is 0 Å². The van der Waals surface area contributed by atoms with Crippen LogP contribution in [0.15, 0.2) is 23.1 Å². The zero-order valence-corrected chi connectivity index (χ0v) is 12.2. The number of benzene rings is 1. The first-order valence-electron chi connectivity index (χ1n) is 7.17. The van der Waals surface area contributed by atoms with E-state index in [0.717, 1.165) is 48.6 Å². The topological polar surface area (TPSA) is 47.6 Å². The number of fused-ring (bicyclic) bond motifs is 1. The number of nitrogens with one attached hydrogen (secondary N) is 1. The molecule has 1 amide bonds. The minimum Gasteiger partial charge on any atom is -0.490 e. The molecule has 0 aliphatic carbocycles. The summed E-state index contributed by atoms with van der Waals surface area (Å²) in [6.45, 7) is 2.19. The minimum absolute atomic E-state index is 0.00208. The Labute approximate surface area is 123 Å². The highest BCUT2D eigenvalue weighted by Crippen LogP contribution is 2.36. The highest BCUT2D eigenvalue weighted by molar-refractivity contribution is 8.00. The van der Waals surface area contributed by atoms with Crippen molar-refractivity contribution in [1.29, 1.82) is 0 Å². The first-order valence-corrected chi connectivity index (χ1v) is 8.05. The third kappa shape index (κ3) is 3.20. The van der Waals surface area contributed by atoms with Crippen molar-refractivity contribution in [3.63, 3.8) is 0 Å². The molecule has 108 valence electrons. The van der Waals surface area contributed by atoms with Gasteiger partial charge in [0, 0.05) is 17.9 Å². The van der Waals surface area contributed by atoms with Crippen molar-refractivity contribution in [2.45, 2.75) is 35.8 Å². The Bertz CT molecular complexity index is 492. The first kappa shape index (κ1) is 13.6. The second-order valence-electron chi connectivity index (χ2n) is 5.05. The Kier molecular flexibility index (Phi) is 4.35. The molecular formula is C15H19NO3S. The van der Waals surface area contributed by atoms with Crippen molar-refractivity contribution < 1.29 is 14.3 Å². The third-order valence-electron chi connectivity index (χ3n) is 3.48. The van der Waals surface area contributed by atoms with Crippen LogP contribution in [0.3, 0.4) is 0 Å². The molecule has 20 heavy (non-hydrogen) atoms. The van der Waals surface area contributed by atoms with E-state index in [2.05, 4.69) is 5.32 Å². The molecule has 4 nitrogen and oxygen atoms in total. The van der Waals surface area contributed by atoms with Crippen LogP contribution < -0.4 is 14.8 Å². The summed E-state index contributed by atoms with van der Waals surface area (Å²) >= 11 is 1.62. The fraction of sp³-hybridized carbons (Fsp3) is 0.533. The molecule has 0 aromatic heterocycles. The maximum Gasteiger partial charge on any atom is 0.233 e. The van der Waals surface area contributed by atoms with Crippen LogP contribution in [-0.4, -0.2) is 30.9 Å². The Morgan fingerprint density at radius 3 is 2.85 bits per heavy atom. The lowest BCUT2D eigenvalue weighted by Crippen LogP contribution is -2.30. The van der Waals surface area contributed by atoms with E-state index in [9.17, 15) is 4.79 Å². The van der Waals surface area contributed by atoms with Crippen molar-refractivity contribution in [2.24, 2.45) is 0 Å². The van der Waals surface area contributed by atoms with Gasteiger partial charge in [-0.25, -0.2) is 0 Å². The maximum absolute atomic E-state index is 12.0. The minimum atomic E-state index is 0.00208. The quantitative estimate of drug-likeness (QED) is 0.910. The summed E-state index contributed by atoms with van der Waals surface area (Å²) < 4.78 is 11.3. The van der Waals surface area contributed by atoms with Gasteiger partial charge in [-0.3, -0.25) is 4.79 Å². The second-order valence-corrected chi connectivity index (χ2v) is 6.33. The summed E-state index contributed by atoms with van der Waals surface area (Å²) in [5, 5.41) is 2.97. The SMILES string of the molecule is O=C1NCCCC[C@H]1Sc1ccc2c(c1)OCCCO2. The summed E-state index contributed by atoms with van der Waals surface area (Å²) in [5.74, 6) is 1.75. The number of ether oxygens (including phenoxy) is 2. The van der Waals surface area contributed by atoms with E-state index in [-0.39, 0.29) is 11.2 Å². The predicted molar refractivity (Wildman–Crippen MR) is 78.6 cm³/mol. The van der Waals surface area contributed by atoms with Gasteiger partial charge in [-0.2, -0.15) is 0 Å². The average Bonchev–Trinajstić information content (AvgIpc) is 2.80. The van der Waals surface area contributed by atoms with Crippen LogP contribution in [0, 0.1) is 0 Å². The van der Waals surface area contributed by atoms with Crippen LogP contribution in [0.4, 0.5) is 0 Å². The molecule has 0 spiro atoms. The normalized spacial score (nSPS) is 22.6. The highest BCUT2D eigenvalue weighted by atomic mass is 32.2. The summed E-state index contributed by atoms with van der Waals surface area (Å²) in [6, 6.07) is 5.94. The van der Waals surface area contributed by atoms with Crippen LogP contribution in [0.2, 0.25) is 0 Å². The number of hydrogen-bond acceptors (Lipinski definition) is 4. The van der Waals surface area contributed by atoms with E-state index in [1.54, 1.807) is 11.8 Å². The summed E-state index contributed by atoms with van der Waals surface area (Å²) in [4.78, 5) is 13.0. The highest BCUT2D eigenvalue weighted by Gasteiger charge is 2.22. The lowest BCUT2D eigenvalue weighted by molar-refractivity contribution is -0.120. The molecule has 1 aromatic carbocycles. The Morgan fingerprint density at radius 1 is 1.10 bits per heavy atom. The molecule has 5 heteroatoms. The van der Waals surface area contributed by atoms with E-state index in [1.165, 1.54) is 0 Å². The zero-order chi connectivity index (χ0) is 13.8. The van der Waals surface area contributed by atoms with Gasteiger partial charge in [-0.1, -0.05) is 6.42 Å². The van der Waals surface area contributed by atoms with E-state index in [1.807, 2.05) is 18.2 Å². The molecule has 2 heterocycles. The van der Waals surface area contributed by atoms with Crippen molar-refractivity contribution in [3.05, 3.63) is 18.2 Å². The predicted octanol–water partition coefficient (Wildman–Crippen LogP) is 2.61. The average molecular weight is 293 g/mol. The van der Waals surface area contributed by atoms with Gasteiger partial charge in [-0.05, 0) is 31.0 Å². The first-order chi connectivity index (χ1) is 9.83. The van der Waals surface area contributed by atoms with E-state index in [4.69, 9.17) is 9.47 Å².